The number of fused-ring (bicyclic) bond motifs is 1. The molecule has 0 atom stereocenters. The lowest BCUT2D eigenvalue weighted by molar-refractivity contribution is -0.126. The van der Waals surface area contributed by atoms with Gasteiger partial charge in [-0.2, -0.15) is 4.31 Å². The standard InChI is InChI=1S/C30H30N2O3S/c33-30(31-22-29(24-10-3-1-4-11-24)25-12-5-2-6-13-25)26-17-19-32(20-18-26)36(34,35)28-16-15-23-9-7-8-14-27(23)21-28/h1-16,21,26,29H,17-20,22H2,(H,31,33). The Hall–Kier alpha value is -3.48. The van der Waals surface area contributed by atoms with Crippen LogP contribution in [0.1, 0.15) is 29.9 Å². The second kappa shape index (κ2) is 10.6. The van der Waals surface area contributed by atoms with Crippen LogP contribution in [-0.4, -0.2) is 38.3 Å². The summed E-state index contributed by atoms with van der Waals surface area (Å²) in [5, 5.41) is 5.06. The van der Waals surface area contributed by atoms with Gasteiger partial charge in [0.15, 0.2) is 0 Å². The Bertz CT molecular complexity index is 1390. The largest absolute Gasteiger partial charge is 0.355 e. The molecule has 0 aromatic heterocycles. The van der Waals surface area contributed by atoms with E-state index in [2.05, 4.69) is 29.6 Å². The summed E-state index contributed by atoms with van der Waals surface area (Å²) in [7, 11) is -3.60. The van der Waals surface area contributed by atoms with E-state index in [9.17, 15) is 13.2 Å². The highest BCUT2D eigenvalue weighted by atomic mass is 32.2. The molecule has 1 aliphatic heterocycles. The van der Waals surface area contributed by atoms with E-state index in [0.29, 0.717) is 37.4 Å². The summed E-state index contributed by atoms with van der Waals surface area (Å²) in [6.45, 7) is 1.19. The van der Waals surface area contributed by atoms with Gasteiger partial charge < -0.3 is 5.32 Å². The summed E-state index contributed by atoms with van der Waals surface area (Å²) in [4.78, 5) is 13.4. The van der Waals surface area contributed by atoms with Crippen molar-refractivity contribution in [2.75, 3.05) is 19.6 Å². The Kier molecular flexibility index (Phi) is 7.16. The summed E-state index contributed by atoms with van der Waals surface area (Å²) < 4.78 is 28.0. The number of hydrogen-bond acceptors (Lipinski definition) is 3. The topological polar surface area (TPSA) is 66.5 Å². The lowest BCUT2D eigenvalue weighted by Crippen LogP contribution is -2.43. The fourth-order valence-corrected chi connectivity index (χ4v) is 6.49. The van der Waals surface area contributed by atoms with Gasteiger partial charge in [-0.05, 0) is 46.9 Å². The molecule has 0 aliphatic carbocycles. The van der Waals surface area contributed by atoms with Crippen molar-refractivity contribution in [2.24, 2.45) is 5.92 Å². The summed E-state index contributed by atoms with van der Waals surface area (Å²) >= 11 is 0. The van der Waals surface area contributed by atoms with Crippen molar-refractivity contribution in [1.82, 2.24) is 9.62 Å². The molecule has 4 aromatic rings. The van der Waals surface area contributed by atoms with Crippen LogP contribution < -0.4 is 5.32 Å². The van der Waals surface area contributed by atoms with Crippen LogP contribution in [0.4, 0.5) is 0 Å². The predicted molar refractivity (Wildman–Crippen MR) is 143 cm³/mol. The first-order valence-corrected chi connectivity index (χ1v) is 13.8. The van der Waals surface area contributed by atoms with Crippen molar-refractivity contribution in [3.05, 3.63) is 114 Å². The lowest BCUT2D eigenvalue weighted by Gasteiger charge is -2.31. The highest BCUT2D eigenvalue weighted by molar-refractivity contribution is 7.89. The van der Waals surface area contributed by atoms with Gasteiger partial charge in [0.1, 0.15) is 0 Å². The highest BCUT2D eigenvalue weighted by Crippen LogP contribution is 2.27. The Morgan fingerprint density at radius 1 is 0.778 bits per heavy atom. The van der Waals surface area contributed by atoms with Crippen LogP contribution in [0.15, 0.2) is 108 Å². The van der Waals surface area contributed by atoms with Crippen molar-refractivity contribution >= 4 is 26.7 Å². The quantitative estimate of drug-likeness (QED) is 0.381. The minimum absolute atomic E-state index is 0.00499. The molecular formula is C30H30N2O3S. The molecule has 1 fully saturated rings. The number of nitrogens with zero attached hydrogens (tertiary/aromatic N) is 1. The first kappa shape index (κ1) is 24.2. The molecule has 6 heteroatoms. The molecule has 1 amide bonds. The number of carbonyl (C=O) groups excluding carboxylic acids is 1. The molecule has 1 aliphatic rings. The van der Waals surface area contributed by atoms with Crippen LogP contribution in [0.5, 0.6) is 0 Å². The minimum Gasteiger partial charge on any atom is -0.355 e. The van der Waals surface area contributed by atoms with Gasteiger partial charge in [-0.15, -0.1) is 0 Å². The molecule has 0 unspecified atom stereocenters. The van der Waals surface area contributed by atoms with E-state index in [4.69, 9.17) is 0 Å². The monoisotopic (exact) mass is 498 g/mol. The molecule has 5 rings (SSSR count). The van der Waals surface area contributed by atoms with Crippen molar-refractivity contribution in [3.63, 3.8) is 0 Å². The molecule has 1 heterocycles. The van der Waals surface area contributed by atoms with E-state index in [-0.39, 0.29) is 17.7 Å². The zero-order valence-corrected chi connectivity index (χ0v) is 20.9. The van der Waals surface area contributed by atoms with Gasteiger partial charge in [0.05, 0.1) is 4.90 Å². The first-order valence-electron chi connectivity index (χ1n) is 12.4. The average Bonchev–Trinajstić information content (AvgIpc) is 2.94. The van der Waals surface area contributed by atoms with Gasteiger partial charge in [-0.25, -0.2) is 8.42 Å². The van der Waals surface area contributed by atoms with E-state index in [0.717, 1.165) is 21.9 Å². The van der Waals surface area contributed by atoms with Gasteiger partial charge in [-0.3, -0.25) is 4.79 Å². The van der Waals surface area contributed by atoms with Gasteiger partial charge in [-0.1, -0.05) is 91.0 Å². The highest BCUT2D eigenvalue weighted by Gasteiger charge is 2.32. The summed E-state index contributed by atoms with van der Waals surface area (Å²) in [5.74, 6) is -0.139. The van der Waals surface area contributed by atoms with E-state index >= 15 is 0 Å². The minimum atomic E-state index is -3.60. The SMILES string of the molecule is O=C(NCC(c1ccccc1)c1ccccc1)C1CCN(S(=O)(=O)c2ccc3ccccc3c2)CC1. The maximum Gasteiger partial charge on any atom is 0.243 e. The second-order valence-electron chi connectivity index (χ2n) is 9.31. The van der Waals surface area contributed by atoms with Crippen molar-refractivity contribution in [1.29, 1.82) is 0 Å². The molecule has 5 nitrogen and oxygen atoms in total. The summed E-state index contributed by atoms with van der Waals surface area (Å²) in [6.07, 6.45) is 1.03. The van der Waals surface area contributed by atoms with Gasteiger partial charge >= 0.3 is 0 Å². The first-order chi connectivity index (χ1) is 17.5. The third-order valence-corrected chi connectivity index (χ3v) is 8.96. The number of sulfonamides is 1. The van der Waals surface area contributed by atoms with E-state index in [1.807, 2.05) is 66.7 Å². The molecule has 0 bridgehead atoms. The van der Waals surface area contributed by atoms with Gasteiger partial charge in [0, 0.05) is 31.5 Å². The van der Waals surface area contributed by atoms with E-state index in [1.54, 1.807) is 12.1 Å². The molecule has 1 saturated heterocycles. The molecule has 4 aromatic carbocycles. The van der Waals surface area contributed by atoms with E-state index < -0.39 is 10.0 Å². The van der Waals surface area contributed by atoms with Crippen LogP contribution in [-0.2, 0) is 14.8 Å². The van der Waals surface area contributed by atoms with E-state index in [1.165, 1.54) is 4.31 Å². The van der Waals surface area contributed by atoms with Crippen molar-refractivity contribution in [3.8, 4) is 0 Å². The Balaban J connectivity index is 1.22. The molecule has 36 heavy (non-hydrogen) atoms. The number of nitrogens with one attached hydrogen (secondary N) is 1. The van der Waals surface area contributed by atoms with Gasteiger partial charge in [0.25, 0.3) is 0 Å². The molecule has 0 radical (unpaired) electrons. The second-order valence-corrected chi connectivity index (χ2v) is 11.2. The molecule has 184 valence electrons. The molecule has 0 saturated carbocycles. The van der Waals surface area contributed by atoms with Gasteiger partial charge in [0.2, 0.25) is 15.9 Å². The number of benzene rings is 4. The molecular weight excluding hydrogens is 468 g/mol. The molecule has 0 spiro atoms. The maximum absolute atomic E-state index is 13.3. The third kappa shape index (κ3) is 5.20. The van der Waals surface area contributed by atoms with Crippen LogP contribution in [0, 0.1) is 5.92 Å². The predicted octanol–water partition coefficient (Wildman–Crippen LogP) is 5.19. The normalized spacial score (nSPS) is 15.2. The van der Waals surface area contributed by atoms with Crippen LogP contribution in [0.3, 0.4) is 0 Å². The Morgan fingerprint density at radius 3 is 1.94 bits per heavy atom. The fraction of sp³-hybridized carbons (Fsp3) is 0.233. The Morgan fingerprint density at radius 2 is 1.33 bits per heavy atom. The fourth-order valence-electron chi connectivity index (χ4n) is 4.98. The number of piperidine rings is 1. The summed E-state index contributed by atoms with van der Waals surface area (Å²) in [5.41, 5.74) is 2.31. The number of carbonyl (C=O) groups is 1. The zero-order valence-electron chi connectivity index (χ0n) is 20.1. The van der Waals surface area contributed by atoms with Crippen LogP contribution >= 0.6 is 0 Å². The number of rotatable bonds is 7. The Labute approximate surface area is 212 Å². The van der Waals surface area contributed by atoms with Crippen molar-refractivity contribution < 1.29 is 13.2 Å². The third-order valence-electron chi connectivity index (χ3n) is 7.07. The molecule has 1 N–H and O–H groups in total. The zero-order chi connectivity index (χ0) is 25.0. The van der Waals surface area contributed by atoms with Crippen LogP contribution in [0.25, 0.3) is 10.8 Å². The summed E-state index contributed by atoms with van der Waals surface area (Å²) in [6, 6.07) is 33.3. The smallest absolute Gasteiger partial charge is 0.243 e. The average molecular weight is 499 g/mol. The van der Waals surface area contributed by atoms with Crippen LogP contribution in [0.2, 0.25) is 0 Å². The number of hydrogen-bond donors (Lipinski definition) is 1. The number of amides is 1. The maximum atomic E-state index is 13.3. The lowest BCUT2D eigenvalue weighted by atomic mass is 9.90. The van der Waals surface area contributed by atoms with Crippen molar-refractivity contribution in [2.45, 2.75) is 23.7 Å².